The number of para-hydroxylation sites is 1. The molecule has 0 atom stereocenters. The van der Waals surface area contributed by atoms with Crippen LogP contribution in [0.3, 0.4) is 0 Å². The predicted molar refractivity (Wildman–Crippen MR) is 111 cm³/mol. The number of benzene rings is 2. The van der Waals surface area contributed by atoms with E-state index in [1.54, 1.807) is 12.4 Å². The van der Waals surface area contributed by atoms with Crippen molar-refractivity contribution in [2.45, 2.75) is 13.8 Å². The van der Waals surface area contributed by atoms with E-state index in [0.29, 0.717) is 11.5 Å². The molecule has 4 aromatic rings. The number of fused-ring (bicyclic) bond motifs is 1. The van der Waals surface area contributed by atoms with Crippen molar-refractivity contribution in [2.24, 2.45) is 0 Å². The van der Waals surface area contributed by atoms with Crippen LogP contribution < -0.4 is 10.6 Å². The molecule has 2 aromatic heterocycles. The summed E-state index contributed by atoms with van der Waals surface area (Å²) in [4.78, 5) is 25.5. The summed E-state index contributed by atoms with van der Waals surface area (Å²) >= 11 is 0. The van der Waals surface area contributed by atoms with Crippen molar-refractivity contribution in [3.8, 4) is 0 Å². The second-order valence-corrected chi connectivity index (χ2v) is 6.57. The first-order chi connectivity index (χ1) is 13.6. The van der Waals surface area contributed by atoms with E-state index in [4.69, 9.17) is 0 Å². The van der Waals surface area contributed by atoms with Crippen molar-refractivity contribution < 1.29 is 4.79 Å². The molecule has 28 heavy (non-hydrogen) atoms. The van der Waals surface area contributed by atoms with E-state index in [1.165, 1.54) is 6.20 Å². The summed E-state index contributed by atoms with van der Waals surface area (Å²) in [6.07, 6.45) is 4.71. The van der Waals surface area contributed by atoms with Gasteiger partial charge in [-0.25, -0.2) is 9.97 Å². The zero-order valence-electron chi connectivity index (χ0n) is 15.6. The Bertz CT molecular complexity index is 1150. The topological polar surface area (TPSA) is 79.8 Å². The molecule has 0 fully saturated rings. The minimum atomic E-state index is -0.330. The molecule has 0 aliphatic heterocycles. The maximum Gasteiger partial charge on any atom is 0.275 e. The van der Waals surface area contributed by atoms with Crippen molar-refractivity contribution >= 4 is 34.0 Å². The highest BCUT2D eigenvalue weighted by atomic mass is 16.1. The molecule has 2 aromatic carbocycles. The van der Waals surface area contributed by atoms with Crippen LogP contribution in [-0.2, 0) is 0 Å². The molecule has 1 amide bonds. The van der Waals surface area contributed by atoms with Gasteiger partial charge in [-0.1, -0.05) is 30.3 Å². The van der Waals surface area contributed by atoms with E-state index < -0.39 is 0 Å². The molecule has 2 N–H and O–H groups in total. The maximum absolute atomic E-state index is 12.6. The van der Waals surface area contributed by atoms with Crippen LogP contribution in [0.2, 0.25) is 0 Å². The largest absolute Gasteiger partial charge is 0.339 e. The van der Waals surface area contributed by atoms with Gasteiger partial charge in [-0.3, -0.25) is 9.78 Å². The molecular weight excluding hydrogens is 350 g/mol. The fourth-order valence-electron chi connectivity index (χ4n) is 2.91. The third-order valence-electron chi connectivity index (χ3n) is 4.42. The predicted octanol–water partition coefficient (Wildman–Crippen LogP) is 4.64. The SMILES string of the molecule is Cc1ccc(C)c(Nc2cnc(C(=O)Nc3cccc4cccnc34)cn2)c1. The first-order valence-electron chi connectivity index (χ1n) is 8.91. The Balaban J connectivity index is 1.52. The third kappa shape index (κ3) is 3.66. The van der Waals surface area contributed by atoms with Gasteiger partial charge in [-0.15, -0.1) is 0 Å². The number of nitrogens with one attached hydrogen (secondary N) is 2. The third-order valence-corrected chi connectivity index (χ3v) is 4.42. The maximum atomic E-state index is 12.6. The van der Waals surface area contributed by atoms with Crippen LogP contribution in [0.1, 0.15) is 21.6 Å². The number of anilines is 3. The summed E-state index contributed by atoms with van der Waals surface area (Å²) in [6, 6.07) is 15.6. The summed E-state index contributed by atoms with van der Waals surface area (Å²) in [6.45, 7) is 4.06. The van der Waals surface area contributed by atoms with E-state index >= 15 is 0 Å². The van der Waals surface area contributed by atoms with Gasteiger partial charge in [-0.05, 0) is 43.2 Å². The number of carbonyl (C=O) groups is 1. The van der Waals surface area contributed by atoms with Crippen LogP contribution in [0, 0.1) is 13.8 Å². The monoisotopic (exact) mass is 369 g/mol. The second-order valence-electron chi connectivity index (χ2n) is 6.57. The second kappa shape index (κ2) is 7.44. The minimum Gasteiger partial charge on any atom is -0.339 e. The fraction of sp³-hybridized carbons (Fsp3) is 0.0909. The molecule has 0 saturated heterocycles. The smallest absolute Gasteiger partial charge is 0.275 e. The lowest BCUT2D eigenvalue weighted by molar-refractivity contribution is 0.102. The molecule has 0 unspecified atom stereocenters. The van der Waals surface area contributed by atoms with Gasteiger partial charge in [0, 0.05) is 17.3 Å². The van der Waals surface area contributed by atoms with Crippen molar-refractivity contribution in [2.75, 3.05) is 10.6 Å². The van der Waals surface area contributed by atoms with Crippen LogP contribution in [0.25, 0.3) is 10.9 Å². The van der Waals surface area contributed by atoms with Gasteiger partial charge < -0.3 is 10.6 Å². The summed E-state index contributed by atoms with van der Waals surface area (Å²) in [5.74, 6) is 0.251. The summed E-state index contributed by atoms with van der Waals surface area (Å²) < 4.78 is 0. The average Bonchev–Trinajstić information content (AvgIpc) is 2.71. The number of nitrogens with zero attached hydrogens (tertiary/aromatic N) is 3. The highest BCUT2D eigenvalue weighted by molar-refractivity contribution is 6.07. The Labute approximate surface area is 162 Å². The number of aromatic nitrogens is 3. The number of rotatable bonds is 4. The molecule has 0 aliphatic carbocycles. The number of hydrogen-bond donors (Lipinski definition) is 2. The van der Waals surface area contributed by atoms with E-state index in [1.807, 2.05) is 56.3 Å². The average molecular weight is 369 g/mol. The van der Waals surface area contributed by atoms with Gasteiger partial charge in [0.05, 0.1) is 23.6 Å². The van der Waals surface area contributed by atoms with Crippen LogP contribution >= 0.6 is 0 Å². The fourth-order valence-corrected chi connectivity index (χ4v) is 2.91. The number of hydrogen-bond acceptors (Lipinski definition) is 5. The van der Waals surface area contributed by atoms with Gasteiger partial charge in [-0.2, -0.15) is 0 Å². The summed E-state index contributed by atoms with van der Waals surface area (Å²) in [7, 11) is 0. The minimum absolute atomic E-state index is 0.236. The molecule has 6 nitrogen and oxygen atoms in total. The van der Waals surface area contributed by atoms with Gasteiger partial charge in [0.25, 0.3) is 5.91 Å². The number of aryl methyl sites for hydroxylation is 2. The number of carbonyl (C=O) groups excluding carboxylic acids is 1. The van der Waals surface area contributed by atoms with Gasteiger partial charge in [0.1, 0.15) is 11.5 Å². The van der Waals surface area contributed by atoms with Crippen molar-refractivity contribution in [3.05, 3.63) is 83.9 Å². The van der Waals surface area contributed by atoms with Crippen LogP contribution in [0.15, 0.2) is 67.1 Å². The lowest BCUT2D eigenvalue weighted by Gasteiger charge is -2.10. The van der Waals surface area contributed by atoms with Crippen LogP contribution in [0.4, 0.5) is 17.2 Å². The molecule has 0 aliphatic rings. The van der Waals surface area contributed by atoms with E-state index in [9.17, 15) is 4.79 Å². The number of pyridine rings is 1. The first kappa shape index (κ1) is 17.6. The molecule has 6 heteroatoms. The molecule has 4 rings (SSSR count). The van der Waals surface area contributed by atoms with Crippen molar-refractivity contribution in [1.82, 2.24) is 15.0 Å². The molecule has 0 bridgehead atoms. The van der Waals surface area contributed by atoms with Gasteiger partial charge in [0.15, 0.2) is 0 Å². The number of amides is 1. The highest BCUT2D eigenvalue weighted by Gasteiger charge is 2.11. The Kier molecular flexibility index (Phi) is 4.68. The Hall–Kier alpha value is -3.80. The normalized spacial score (nSPS) is 10.6. The van der Waals surface area contributed by atoms with Crippen LogP contribution in [0.5, 0.6) is 0 Å². The molecule has 0 spiro atoms. The first-order valence-corrected chi connectivity index (χ1v) is 8.91. The lowest BCUT2D eigenvalue weighted by Crippen LogP contribution is -2.14. The standard InChI is InChI=1S/C22H19N5O/c1-14-8-9-15(2)18(11-14)26-20-13-24-19(12-25-20)22(28)27-17-7-3-5-16-6-4-10-23-21(16)17/h3-13H,1-2H3,(H,25,26)(H,27,28). The Morgan fingerprint density at radius 3 is 2.57 bits per heavy atom. The Morgan fingerprint density at radius 2 is 1.75 bits per heavy atom. The van der Waals surface area contributed by atoms with Crippen LogP contribution in [-0.4, -0.2) is 20.9 Å². The van der Waals surface area contributed by atoms with E-state index in [2.05, 4.69) is 31.7 Å². The van der Waals surface area contributed by atoms with Gasteiger partial charge in [0.2, 0.25) is 0 Å². The zero-order chi connectivity index (χ0) is 19.5. The molecule has 0 radical (unpaired) electrons. The molecule has 2 heterocycles. The van der Waals surface area contributed by atoms with Crippen molar-refractivity contribution in [3.63, 3.8) is 0 Å². The Morgan fingerprint density at radius 1 is 0.893 bits per heavy atom. The summed E-state index contributed by atoms with van der Waals surface area (Å²) in [5.41, 5.74) is 4.84. The quantitative estimate of drug-likeness (QED) is 0.548. The summed E-state index contributed by atoms with van der Waals surface area (Å²) in [5, 5.41) is 7.06. The molecule has 0 saturated carbocycles. The van der Waals surface area contributed by atoms with E-state index in [-0.39, 0.29) is 11.6 Å². The molecular formula is C22H19N5O. The highest BCUT2D eigenvalue weighted by Crippen LogP contribution is 2.22. The zero-order valence-corrected chi connectivity index (χ0v) is 15.6. The van der Waals surface area contributed by atoms with Gasteiger partial charge >= 0.3 is 0 Å². The lowest BCUT2D eigenvalue weighted by atomic mass is 10.1. The van der Waals surface area contributed by atoms with Crippen molar-refractivity contribution in [1.29, 1.82) is 0 Å². The molecule has 138 valence electrons. The van der Waals surface area contributed by atoms with E-state index in [0.717, 1.165) is 27.7 Å².